The van der Waals surface area contributed by atoms with E-state index in [2.05, 4.69) is 15.7 Å². The molecule has 35 heavy (non-hydrogen) atoms. The fraction of sp³-hybridized carbons (Fsp3) is 0.560. The van der Waals surface area contributed by atoms with Crippen molar-refractivity contribution in [3.63, 3.8) is 0 Å². The van der Waals surface area contributed by atoms with E-state index in [4.69, 9.17) is 0 Å². The largest absolute Gasteiger partial charge is 0.417 e. The highest BCUT2D eigenvalue weighted by atomic mass is 19.4. The highest BCUT2D eigenvalue weighted by Crippen LogP contribution is 2.40. The number of carbonyl (C=O) groups is 2. The van der Waals surface area contributed by atoms with Crippen LogP contribution in [0.2, 0.25) is 0 Å². The fourth-order valence-electron chi connectivity index (χ4n) is 4.74. The van der Waals surface area contributed by atoms with Crippen molar-refractivity contribution in [2.24, 2.45) is 0 Å². The van der Waals surface area contributed by atoms with Crippen molar-refractivity contribution in [1.82, 2.24) is 20.4 Å². The van der Waals surface area contributed by atoms with E-state index in [1.165, 1.54) is 24.3 Å². The number of rotatable bonds is 9. The number of alkyl halides is 3. The molecule has 1 atom stereocenters. The Labute approximate surface area is 202 Å². The number of hydrogen-bond acceptors (Lipinski definition) is 4. The molecule has 190 valence electrons. The van der Waals surface area contributed by atoms with Crippen molar-refractivity contribution in [1.29, 1.82) is 0 Å². The molecular weight excluding hydrogens is 461 g/mol. The lowest BCUT2D eigenvalue weighted by Gasteiger charge is -2.28. The van der Waals surface area contributed by atoms with Gasteiger partial charge >= 0.3 is 6.18 Å². The number of carbonyl (C=O) groups excluding carboxylic acids is 2. The minimum Gasteiger partial charge on any atom is -0.396 e. The smallest absolute Gasteiger partial charge is 0.396 e. The number of aliphatic hydroxyl groups excluding tert-OH is 1. The average molecular weight is 493 g/mol. The Morgan fingerprint density at radius 3 is 2.46 bits per heavy atom. The molecule has 2 amide bonds. The molecular formula is C25H31F3N4O3. The molecule has 0 aliphatic heterocycles. The molecule has 1 heterocycles. The number of hydrogen-bond donors (Lipinski definition) is 3. The molecule has 3 N–H and O–H groups in total. The van der Waals surface area contributed by atoms with Crippen LogP contribution in [0.15, 0.2) is 30.3 Å². The van der Waals surface area contributed by atoms with Gasteiger partial charge in [-0.2, -0.15) is 18.3 Å². The van der Waals surface area contributed by atoms with Gasteiger partial charge in [0.15, 0.2) is 5.69 Å². The second kappa shape index (κ2) is 10.8. The van der Waals surface area contributed by atoms with E-state index in [0.29, 0.717) is 6.42 Å². The van der Waals surface area contributed by atoms with Crippen LogP contribution in [-0.2, 0) is 11.0 Å². The van der Waals surface area contributed by atoms with Gasteiger partial charge in [0.1, 0.15) is 6.04 Å². The molecule has 0 unspecified atom stereocenters. The van der Waals surface area contributed by atoms with Gasteiger partial charge in [-0.25, -0.2) is 0 Å². The van der Waals surface area contributed by atoms with Crippen LogP contribution < -0.4 is 10.6 Å². The lowest BCUT2D eigenvalue weighted by Crippen LogP contribution is -2.51. The maximum Gasteiger partial charge on any atom is 0.417 e. The second-order valence-corrected chi connectivity index (χ2v) is 9.37. The van der Waals surface area contributed by atoms with E-state index >= 15 is 0 Å². The van der Waals surface area contributed by atoms with Crippen LogP contribution in [0.4, 0.5) is 13.2 Å². The average Bonchev–Trinajstić information content (AvgIpc) is 3.48. The summed E-state index contributed by atoms with van der Waals surface area (Å²) in [5.41, 5.74) is -0.611. The van der Waals surface area contributed by atoms with Gasteiger partial charge in [-0.15, -0.1) is 0 Å². The number of aromatic nitrogens is 2. The number of aliphatic hydroxyl groups is 1. The summed E-state index contributed by atoms with van der Waals surface area (Å²) in [6, 6.07) is 5.79. The molecule has 0 spiro atoms. The first-order valence-electron chi connectivity index (χ1n) is 12.3. The molecule has 1 aromatic heterocycles. The molecule has 10 heteroatoms. The lowest BCUT2D eigenvalue weighted by atomic mass is 9.92. The number of nitrogens with zero attached hydrogens (tertiary/aromatic N) is 2. The van der Waals surface area contributed by atoms with E-state index in [-0.39, 0.29) is 48.0 Å². The van der Waals surface area contributed by atoms with Gasteiger partial charge in [-0.3, -0.25) is 14.3 Å². The summed E-state index contributed by atoms with van der Waals surface area (Å²) in [6.07, 6.45) is 2.25. The van der Waals surface area contributed by atoms with Crippen LogP contribution in [0.5, 0.6) is 0 Å². The van der Waals surface area contributed by atoms with Crippen molar-refractivity contribution < 1.29 is 27.9 Å². The minimum atomic E-state index is -4.56. The van der Waals surface area contributed by atoms with Crippen LogP contribution in [0.1, 0.15) is 79.9 Å². The van der Waals surface area contributed by atoms with Crippen LogP contribution in [0.3, 0.4) is 0 Å². The molecule has 1 aromatic carbocycles. The third-order valence-corrected chi connectivity index (χ3v) is 6.87. The van der Waals surface area contributed by atoms with Crippen molar-refractivity contribution >= 4 is 11.8 Å². The molecule has 0 saturated heterocycles. The Hall–Kier alpha value is -2.88. The van der Waals surface area contributed by atoms with E-state index in [0.717, 1.165) is 51.0 Å². The molecule has 7 nitrogen and oxygen atoms in total. The highest BCUT2D eigenvalue weighted by molar-refractivity contribution is 5.97. The molecule has 4 rings (SSSR count). The van der Waals surface area contributed by atoms with Gasteiger partial charge in [0, 0.05) is 18.2 Å². The van der Waals surface area contributed by atoms with Gasteiger partial charge < -0.3 is 15.7 Å². The van der Waals surface area contributed by atoms with Crippen molar-refractivity contribution in [3.8, 4) is 11.3 Å². The van der Waals surface area contributed by atoms with Crippen molar-refractivity contribution in [2.45, 2.75) is 82.1 Å². The van der Waals surface area contributed by atoms with E-state index in [1.807, 2.05) is 0 Å². The summed E-state index contributed by atoms with van der Waals surface area (Å²) in [6.45, 7) is -0.127. The Kier molecular flexibility index (Phi) is 7.78. The van der Waals surface area contributed by atoms with Gasteiger partial charge in [0.25, 0.3) is 5.91 Å². The summed E-state index contributed by atoms with van der Waals surface area (Å²) >= 11 is 0. The maximum absolute atomic E-state index is 13.8. The van der Waals surface area contributed by atoms with Crippen LogP contribution in [-0.4, -0.2) is 45.4 Å². The zero-order valence-electron chi connectivity index (χ0n) is 19.5. The molecule has 2 aliphatic rings. The quantitative estimate of drug-likeness (QED) is 0.488. The first-order valence-corrected chi connectivity index (χ1v) is 12.3. The van der Waals surface area contributed by atoms with Crippen LogP contribution >= 0.6 is 0 Å². The predicted molar refractivity (Wildman–Crippen MR) is 124 cm³/mol. The SMILES string of the molecule is O=C(N[C@@H](CCCO)C(=O)NC1CCC1)c1cc(-c2ccccc2C(F)(F)F)n(C2CCCC2)n1. The molecule has 2 fully saturated rings. The maximum atomic E-state index is 13.8. The fourth-order valence-corrected chi connectivity index (χ4v) is 4.74. The van der Waals surface area contributed by atoms with Crippen LogP contribution in [0.25, 0.3) is 11.3 Å². The molecule has 0 radical (unpaired) electrons. The Morgan fingerprint density at radius 2 is 1.83 bits per heavy atom. The Balaban J connectivity index is 1.63. The predicted octanol–water partition coefficient (Wildman–Crippen LogP) is 4.22. The standard InChI is InChI=1S/C25H31F3N4O3/c26-25(27,28)19-12-4-3-11-18(19)22-15-21(31-32(22)17-9-1-2-10-17)24(35)30-20(13-6-14-33)23(34)29-16-7-5-8-16/h3-4,11-12,15-17,20,33H,1-2,5-10,13-14H2,(H,29,34)(H,30,35)/t20-/m0/s1. The third kappa shape index (κ3) is 5.86. The van der Waals surface area contributed by atoms with E-state index in [9.17, 15) is 27.9 Å². The summed E-state index contributed by atoms with van der Waals surface area (Å²) in [7, 11) is 0. The Bertz CT molecular complexity index is 1040. The van der Waals surface area contributed by atoms with Gasteiger partial charge in [-0.05, 0) is 57.1 Å². The van der Waals surface area contributed by atoms with Gasteiger partial charge in [0.05, 0.1) is 17.3 Å². The summed E-state index contributed by atoms with van der Waals surface area (Å²) in [4.78, 5) is 25.9. The number of halogens is 3. The zero-order chi connectivity index (χ0) is 25.0. The molecule has 2 aliphatic carbocycles. The highest BCUT2D eigenvalue weighted by Gasteiger charge is 2.35. The first kappa shape index (κ1) is 25.2. The minimum absolute atomic E-state index is 0.0296. The summed E-state index contributed by atoms with van der Waals surface area (Å²) < 4.78 is 42.8. The Morgan fingerprint density at radius 1 is 1.11 bits per heavy atom. The van der Waals surface area contributed by atoms with Crippen LogP contribution in [0, 0.1) is 0 Å². The van der Waals surface area contributed by atoms with Gasteiger partial charge in [-0.1, -0.05) is 31.0 Å². The van der Waals surface area contributed by atoms with E-state index < -0.39 is 23.7 Å². The van der Waals surface area contributed by atoms with Crippen molar-refractivity contribution in [2.75, 3.05) is 6.61 Å². The summed E-state index contributed by atoms with van der Waals surface area (Å²) in [5.74, 6) is -0.950. The summed E-state index contributed by atoms with van der Waals surface area (Å²) in [5, 5.41) is 19.2. The zero-order valence-corrected chi connectivity index (χ0v) is 19.5. The number of nitrogens with one attached hydrogen (secondary N) is 2. The first-order chi connectivity index (χ1) is 16.8. The third-order valence-electron chi connectivity index (χ3n) is 6.87. The normalized spacial score (nSPS) is 17.7. The topological polar surface area (TPSA) is 96.3 Å². The second-order valence-electron chi connectivity index (χ2n) is 9.37. The van der Waals surface area contributed by atoms with Crippen molar-refractivity contribution in [3.05, 3.63) is 41.6 Å². The van der Waals surface area contributed by atoms with E-state index in [1.54, 1.807) is 4.68 Å². The molecule has 0 bridgehead atoms. The lowest BCUT2D eigenvalue weighted by molar-refractivity contribution is -0.137. The number of benzene rings is 1. The monoisotopic (exact) mass is 492 g/mol. The van der Waals surface area contributed by atoms with Gasteiger partial charge in [0.2, 0.25) is 5.91 Å². The number of amides is 2. The molecule has 2 saturated carbocycles. The molecule has 2 aromatic rings.